The van der Waals surface area contributed by atoms with E-state index in [2.05, 4.69) is 9.97 Å². The molecular weight excluding hydrogens is 495 g/mol. The highest BCUT2D eigenvalue weighted by Gasteiger charge is 2.35. The number of thiophene rings is 1. The fourth-order valence-electron chi connectivity index (χ4n) is 4.00. The van der Waals surface area contributed by atoms with Gasteiger partial charge < -0.3 is 0 Å². The molecule has 7 nitrogen and oxygen atoms in total. The number of carbonyl (C=O) groups excluding carboxylic acids is 1. The van der Waals surface area contributed by atoms with E-state index in [1.54, 1.807) is 40.7 Å². The third-order valence-corrected chi connectivity index (χ3v) is 10.1. The Balaban J connectivity index is 1.38. The van der Waals surface area contributed by atoms with Gasteiger partial charge in [-0.1, -0.05) is 23.5 Å². The summed E-state index contributed by atoms with van der Waals surface area (Å²) in [6, 6.07) is 13.2. The SMILES string of the molecule is O=C(C1CCN(S(=O)(=O)c2cccs2)CC1)N(Cc1ccccn1)c1nc2ccc(F)cc2s1. The molecule has 1 aliphatic heterocycles. The first kappa shape index (κ1) is 23.0. The van der Waals surface area contributed by atoms with Crippen molar-refractivity contribution in [1.29, 1.82) is 0 Å². The van der Waals surface area contributed by atoms with Crippen molar-refractivity contribution in [3.05, 3.63) is 71.6 Å². The number of amides is 1. The number of hydrogen-bond donors (Lipinski definition) is 0. The molecule has 1 amide bonds. The van der Waals surface area contributed by atoms with Crippen molar-refractivity contribution in [2.75, 3.05) is 18.0 Å². The highest BCUT2D eigenvalue weighted by Crippen LogP contribution is 2.33. The van der Waals surface area contributed by atoms with E-state index >= 15 is 0 Å². The maximum atomic E-state index is 13.7. The van der Waals surface area contributed by atoms with Gasteiger partial charge in [0.15, 0.2) is 5.13 Å². The van der Waals surface area contributed by atoms with Crippen molar-refractivity contribution >= 4 is 54.0 Å². The summed E-state index contributed by atoms with van der Waals surface area (Å²) in [5.41, 5.74) is 1.33. The molecule has 0 bridgehead atoms. The Labute approximate surface area is 204 Å². The summed E-state index contributed by atoms with van der Waals surface area (Å²) in [5.74, 6) is -0.828. The Hall–Kier alpha value is -2.73. The fourth-order valence-corrected chi connectivity index (χ4v) is 7.61. The van der Waals surface area contributed by atoms with Gasteiger partial charge in [0.25, 0.3) is 10.0 Å². The van der Waals surface area contributed by atoms with Gasteiger partial charge >= 0.3 is 0 Å². The smallest absolute Gasteiger partial charge is 0.252 e. The molecule has 34 heavy (non-hydrogen) atoms. The predicted molar refractivity (Wildman–Crippen MR) is 131 cm³/mol. The molecule has 0 atom stereocenters. The lowest BCUT2D eigenvalue weighted by molar-refractivity contribution is -0.123. The van der Waals surface area contributed by atoms with Crippen LogP contribution < -0.4 is 4.90 Å². The number of thiazole rings is 1. The van der Waals surface area contributed by atoms with Crippen LogP contribution in [0.2, 0.25) is 0 Å². The quantitative estimate of drug-likeness (QED) is 0.376. The first-order valence-electron chi connectivity index (χ1n) is 10.7. The average Bonchev–Trinajstić information content (AvgIpc) is 3.53. The number of carbonyl (C=O) groups is 1. The van der Waals surface area contributed by atoms with Crippen molar-refractivity contribution in [1.82, 2.24) is 14.3 Å². The number of anilines is 1. The molecule has 0 saturated carbocycles. The van der Waals surface area contributed by atoms with Gasteiger partial charge in [0.1, 0.15) is 10.0 Å². The summed E-state index contributed by atoms with van der Waals surface area (Å²) in [4.78, 5) is 24.2. The maximum Gasteiger partial charge on any atom is 0.252 e. The van der Waals surface area contributed by atoms with Gasteiger partial charge in [0.2, 0.25) is 5.91 Å². The van der Waals surface area contributed by atoms with Crippen molar-refractivity contribution in [2.45, 2.75) is 23.6 Å². The van der Waals surface area contributed by atoms with E-state index in [9.17, 15) is 17.6 Å². The maximum absolute atomic E-state index is 13.7. The molecule has 0 N–H and O–H groups in total. The number of benzene rings is 1. The van der Waals surface area contributed by atoms with Crippen molar-refractivity contribution in [3.8, 4) is 0 Å². The van der Waals surface area contributed by atoms with Crippen LogP contribution in [-0.2, 0) is 21.4 Å². The van der Waals surface area contributed by atoms with Crippen molar-refractivity contribution < 1.29 is 17.6 Å². The summed E-state index contributed by atoms with van der Waals surface area (Å²) >= 11 is 2.45. The summed E-state index contributed by atoms with van der Waals surface area (Å²) in [5, 5.41) is 2.22. The lowest BCUT2D eigenvalue weighted by Gasteiger charge is -2.32. The first-order chi connectivity index (χ1) is 16.4. The molecule has 176 valence electrons. The van der Waals surface area contributed by atoms with Crippen LogP contribution in [0.1, 0.15) is 18.5 Å². The van der Waals surface area contributed by atoms with Crippen LogP contribution in [0.5, 0.6) is 0 Å². The van der Waals surface area contributed by atoms with Gasteiger partial charge in [0.05, 0.1) is 22.5 Å². The molecule has 0 radical (unpaired) electrons. The molecule has 3 aromatic heterocycles. The molecule has 1 fully saturated rings. The molecule has 0 unspecified atom stereocenters. The minimum Gasteiger partial charge on any atom is -0.282 e. The highest BCUT2D eigenvalue weighted by atomic mass is 32.2. The third kappa shape index (κ3) is 4.61. The minimum absolute atomic E-state index is 0.127. The molecular formula is C23H21FN4O3S3. The largest absolute Gasteiger partial charge is 0.282 e. The second kappa shape index (κ2) is 9.49. The topological polar surface area (TPSA) is 83.5 Å². The number of hydrogen-bond acceptors (Lipinski definition) is 7. The zero-order chi connectivity index (χ0) is 23.7. The average molecular weight is 517 g/mol. The summed E-state index contributed by atoms with van der Waals surface area (Å²) in [6.07, 6.45) is 2.50. The van der Waals surface area contributed by atoms with Crippen LogP contribution in [0, 0.1) is 11.7 Å². The van der Waals surface area contributed by atoms with Gasteiger partial charge in [0, 0.05) is 25.2 Å². The lowest BCUT2D eigenvalue weighted by Crippen LogP contribution is -2.44. The van der Waals surface area contributed by atoms with E-state index in [-0.39, 0.29) is 37.3 Å². The number of piperidine rings is 1. The predicted octanol–water partition coefficient (Wildman–Crippen LogP) is 4.53. The van der Waals surface area contributed by atoms with Crippen LogP contribution >= 0.6 is 22.7 Å². The van der Waals surface area contributed by atoms with Gasteiger partial charge in [-0.25, -0.2) is 17.8 Å². The number of pyridine rings is 1. The zero-order valence-corrected chi connectivity index (χ0v) is 20.5. The molecule has 5 rings (SSSR count). The van der Waals surface area contributed by atoms with E-state index < -0.39 is 10.0 Å². The van der Waals surface area contributed by atoms with E-state index in [1.165, 1.54) is 39.1 Å². The molecule has 1 saturated heterocycles. The van der Waals surface area contributed by atoms with Crippen LogP contribution in [0.15, 0.2) is 64.3 Å². The number of nitrogens with zero attached hydrogens (tertiary/aromatic N) is 4. The normalized spacial score (nSPS) is 15.6. The lowest BCUT2D eigenvalue weighted by atomic mass is 9.96. The summed E-state index contributed by atoms with van der Waals surface area (Å²) in [7, 11) is -3.54. The molecule has 11 heteroatoms. The standard InChI is InChI=1S/C23H21FN4O3S3/c24-17-6-7-19-20(14-17)33-23(26-19)28(15-18-4-1-2-10-25-18)22(29)16-8-11-27(12-9-16)34(30,31)21-5-3-13-32-21/h1-7,10,13-14,16H,8-9,11-12,15H2. The highest BCUT2D eigenvalue weighted by molar-refractivity contribution is 7.91. The summed E-state index contributed by atoms with van der Waals surface area (Å²) < 4.78 is 41.8. The number of fused-ring (bicyclic) bond motifs is 1. The molecule has 1 aromatic carbocycles. The molecule has 0 spiro atoms. The number of aromatic nitrogens is 2. The summed E-state index contributed by atoms with van der Waals surface area (Å²) in [6.45, 7) is 0.786. The Kier molecular flexibility index (Phi) is 6.43. The van der Waals surface area contributed by atoms with Gasteiger partial charge in [-0.3, -0.25) is 14.7 Å². The van der Waals surface area contributed by atoms with E-state index in [0.717, 1.165) is 0 Å². The Bertz CT molecular complexity index is 1400. The molecule has 0 aliphatic carbocycles. The van der Waals surface area contributed by atoms with E-state index in [1.807, 2.05) is 12.1 Å². The second-order valence-corrected chi connectivity index (χ2v) is 12.1. The Morgan fingerprint density at radius 3 is 2.68 bits per heavy atom. The Morgan fingerprint density at radius 2 is 1.97 bits per heavy atom. The van der Waals surface area contributed by atoms with Crippen LogP contribution in [-0.4, -0.2) is 41.7 Å². The number of sulfonamides is 1. The van der Waals surface area contributed by atoms with Gasteiger partial charge in [-0.15, -0.1) is 11.3 Å². The minimum atomic E-state index is -3.54. The number of halogens is 1. The number of rotatable bonds is 6. The second-order valence-electron chi connectivity index (χ2n) is 7.96. The van der Waals surface area contributed by atoms with Crippen molar-refractivity contribution in [3.63, 3.8) is 0 Å². The van der Waals surface area contributed by atoms with E-state index in [0.29, 0.717) is 38.1 Å². The van der Waals surface area contributed by atoms with Gasteiger partial charge in [-0.2, -0.15) is 4.31 Å². The van der Waals surface area contributed by atoms with Gasteiger partial charge in [-0.05, 0) is 54.6 Å². The third-order valence-electron chi connectivity index (χ3n) is 5.77. The zero-order valence-electron chi connectivity index (χ0n) is 18.0. The van der Waals surface area contributed by atoms with Crippen LogP contribution in [0.25, 0.3) is 10.2 Å². The molecule has 4 heterocycles. The molecule has 1 aliphatic rings. The van der Waals surface area contributed by atoms with Crippen molar-refractivity contribution in [2.24, 2.45) is 5.92 Å². The monoisotopic (exact) mass is 516 g/mol. The molecule has 4 aromatic rings. The van der Waals surface area contributed by atoms with Crippen LogP contribution in [0.3, 0.4) is 0 Å². The van der Waals surface area contributed by atoms with Crippen LogP contribution in [0.4, 0.5) is 9.52 Å². The Morgan fingerprint density at radius 1 is 1.15 bits per heavy atom. The first-order valence-corrected chi connectivity index (χ1v) is 13.9. The fraction of sp³-hybridized carbons (Fsp3) is 0.261. The van der Waals surface area contributed by atoms with E-state index in [4.69, 9.17) is 0 Å².